The molecular weight excluding hydrogens is 562 g/mol. The van der Waals surface area contributed by atoms with Crippen LogP contribution in [0.5, 0.6) is 23.0 Å². The Balaban J connectivity index is 1.25. The van der Waals surface area contributed by atoms with Crippen LogP contribution in [0, 0.1) is 0 Å². The molecule has 0 saturated carbocycles. The Morgan fingerprint density at radius 2 is 1.84 bits per heavy atom. The molecule has 3 aromatic carbocycles. The fourth-order valence-corrected chi connectivity index (χ4v) is 5.75. The Bertz CT molecular complexity index is 1610. The molecule has 2 amide bonds. The summed E-state index contributed by atoms with van der Waals surface area (Å²) < 4.78 is 23.5. The van der Waals surface area contributed by atoms with Gasteiger partial charge < -0.3 is 34.6 Å². The van der Waals surface area contributed by atoms with Gasteiger partial charge in [0.15, 0.2) is 18.1 Å². The maximum Gasteiger partial charge on any atom is 0.258 e. The van der Waals surface area contributed by atoms with Gasteiger partial charge in [-0.1, -0.05) is 18.2 Å². The van der Waals surface area contributed by atoms with Crippen molar-refractivity contribution in [3.8, 4) is 23.0 Å². The number of nitrogens with zero attached hydrogens (tertiary/aromatic N) is 2. The van der Waals surface area contributed by atoms with Gasteiger partial charge in [-0.2, -0.15) is 0 Å². The second-order valence-electron chi connectivity index (χ2n) is 11.1. The normalized spacial score (nSPS) is 19.8. The maximum atomic E-state index is 13.3. The van der Waals surface area contributed by atoms with Gasteiger partial charge in [-0.3, -0.25) is 14.5 Å². The fraction of sp³-hybridized carbons (Fsp3) is 0.364. The van der Waals surface area contributed by atoms with Crippen LogP contribution < -0.4 is 29.6 Å². The molecule has 7 rings (SSSR count). The van der Waals surface area contributed by atoms with E-state index in [1.54, 1.807) is 20.3 Å². The van der Waals surface area contributed by atoms with E-state index in [0.29, 0.717) is 61.9 Å². The lowest BCUT2D eigenvalue weighted by molar-refractivity contribution is -0.125. The number of rotatable bonds is 4. The van der Waals surface area contributed by atoms with Gasteiger partial charge in [0.05, 0.1) is 37.8 Å². The Kier molecular flexibility index (Phi) is 8.83. The average Bonchev–Trinajstić information content (AvgIpc) is 3.45. The molecule has 11 heteroatoms. The van der Waals surface area contributed by atoms with E-state index in [0.717, 1.165) is 34.5 Å². The van der Waals surface area contributed by atoms with Gasteiger partial charge in [0, 0.05) is 37.7 Å². The molecule has 44 heavy (non-hydrogen) atoms. The number of benzene rings is 3. The largest absolute Gasteiger partial charge is 0.496 e. The molecule has 0 radical (unpaired) electrons. The van der Waals surface area contributed by atoms with Crippen LogP contribution in [0.4, 0.5) is 0 Å². The number of methoxy groups -OCH3 is 2. The molecule has 3 aliphatic heterocycles. The number of aryl methyl sites for hydroxylation is 1. The fourth-order valence-electron chi connectivity index (χ4n) is 5.75. The van der Waals surface area contributed by atoms with Gasteiger partial charge in [-0.25, -0.2) is 4.98 Å². The van der Waals surface area contributed by atoms with Crippen LogP contribution in [-0.2, 0) is 29.1 Å². The van der Waals surface area contributed by atoms with Gasteiger partial charge >= 0.3 is 0 Å². The van der Waals surface area contributed by atoms with Gasteiger partial charge in [-0.05, 0) is 54.8 Å². The quantitative estimate of drug-likeness (QED) is 0.326. The predicted octanol–water partition coefficient (Wildman–Crippen LogP) is 3.36. The minimum atomic E-state index is -0.315. The molecule has 4 bridgehead atoms. The number of ether oxygens (including phenoxy) is 4. The number of imidazole rings is 1. The Labute approximate surface area is 255 Å². The highest BCUT2D eigenvalue weighted by atomic mass is 16.5. The van der Waals surface area contributed by atoms with Crippen molar-refractivity contribution in [2.24, 2.45) is 0 Å². The lowest BCUT2D eigenvalue weighted by Gasteiger charge is -2.38. The molecule has 0 unspecified atom stereocenters. The van der Waals surface area contributed by atoms with Gasteiger partial charge in [-0.15, -0.1) is 0 Å². The van der Waals surface area contributed by atoms with Crippen molar-refractivity contribution in [1.29, 1.82) is 0 Å². The van der Waals surface area contributed by atoms with Gasteiger partial charge in [0.1, 0.15) is 23.4 Å². The Morgan fingerprint density at radius 3 is 2.68 bits per heavy atom. The molecule has 4 heterocycles. The summed E-state index contributed by atoms with van der Waals surface area (Å²) in [5.74, 6) is 2.73. The third-order valence-electron chi connectivity index (χ3n) is 8.04. The molecule has 3 aliphatic rings. The number of aromatic amines is 1. The zero-order chi connectivity index (χ0) is 30.5. The number of fused-ring (bicyclic) bond motifs is 10. The van der Waals surface area contributed by atoms with E-state index >= 15 is 0 Å². The van der Waals surface area contributed by atoms with E-state index in [1.165, 1.54) is 0 Å². The number of nitrogens with one attached hydrogen (secondary N) is 3. The first-order chi connectivity index (χ1) is 21.5. The van der Waals surface area contributed by atoms with Gasteiger partial charge in [0.25, 0.3) is 5.91 Å². The SMILES string of the molecule is COc1cc2ccc1CNC(=O)CCc1ccc(OC)c(c1)OCC(=O)N[C@@H]1CN(Cc3nc4ccccc4[nH]3)CC[C@@H]1O2. The number of H-pyrrole nitrogens is 1. The van der Waals surface area contributed by atoms with Crippen molar-refractivity contribution in [1.82, 2.24) is 25.5 Å². The highest BCUT2D eigenvalue weighted by Crippen LogP contribution is 2.30. The van der Waals surface area contributed by atoms with Crippen LogP contribution in [0.3, 0.4) is 0 Å². The molecular formula is C33H37N5O6. The topological polar surface area (TPSA) is 127 Å². The molecule has 4 aromatic rings. The zero-order valence-corrected chi connectivity index (χ0v) is 24.9. The van der Waals surface area contributed by atoms with Crippen molar-refractivity contribution < 1.29 is 28.5 Å². The van der Waals surface area contributed by atoms with Crippen molar-refractivity contribution in [2.45, 2.75) is 44.5 Å². The molecule has 11 nitrogen and oxygen atoms in total. The number of para-hydroxylation sites is 2. The van der Waals surface area contributed by atoms with Crippen molar-refractivity contribution >= 4 is 22.8 Å². The van der Waals surface area contributed by atoms with Crippen LogP contribution in [0.25, 0.3) is 11.0 Å². The van der Waals surface area contributed by atoms with Crippen molar-refractivity contribution in [2.75, 3.05) is 33.9 Å². The van der Waals surface area contributed by atoms with Crippen LogP contribution in [0.2, 0.25) is 0 Å². The molecule has 1 saturated heterocycles. The van der Waals surface area contributed by atoms with Crippen LogP contribution in [-0.4, -0.2) is 72.7 Å². The molecule has 0 aliphatic carbocycles. The number of hydrogen-bond donors (Lipinski definition) is 3. The van der Waals surface area contributed by atoms with Crippen LogP contribution in [0.1, 0.15) is 29.8 Å². The monoisotopic (exact) mass is 599 g/mol. The summed E-state index contributed by atoms with van der Waals surface area (Å²) in [7, 11) is 3.15. The van der Waals surface area contributed by atoms with Crippen molar-refractivity contribution in [3.05, 3.63) is 77.6 Å². The van der Waals surface area contributed by atoms with Crippen LogP contribution >= 0.6 is 0 Å². The number of aromatic nitrogens is 2. The molecule has 0 spiro atoms. The summed E-state index contributed by atoms with van der Waals surface area (Å²) in [4.78, 5) is 36.3. The Hall–Kier alpha value is -4.77. The first kappa shape index (κ1) is 29.3. The number of hydrogen-bond acceptors (Lipinski definition) is 8. The third kappa shape index (κ3) is 6.89. The summed E-state index contributed by atoms with van der Waals surface area (Å²) in [5.41, 5.74) is 3.67. The number of piperidine rings is 1. The van der Waals surface area contributed by atoms with E-state index in [4.69, 9.17) is 23.9 Å². The summed E-state index contributed by atoms with van der Waals surface area (Å²) in [5, 5.41) is 6.14. The van der Waals surface area contributed by atoms with E-state index < -0.39 is 0 Å². The average molecular weight is 600 g/mol. The number of carbonyl (C=O) groups is 2. The summed E-state index contributed by atoms with van der Waals surface area (Å²) >= 11 is 0. The summed E-state index contributed by atoms with van der Waals surface area (Å²) in [6, 6.07) is 18.7. The predicted molar refractivity (Wildman–Crippen MR) is 164 cm³/mol. The minimum absolute atomic E-state index is 0.0831. The van der Waals surface area contributed by atoms with E-state index in [9.17, 15) is 9.59 Å². The lowest BCUT2D eigenvalue weighted by atomic mass is 10.0. The van der Waals surface area contributed by atoms with Crippen molar-refractivity contribution in [3.63, 3.8) is 0 Å². The maximum absolute atomic E-state index is 13.3. The second kappa shape index (κ2) is 13.3. The molecule has 3 N–H and O–H groups in total. The third-order valence-corrected chi connectivity index (χ3v) is 8.04. The Morgan fingerprint density at radius 1 is 0.977 bits per heavy atom. The molecule has 230 valence electrons. The first-order valence-electron chi connectivity index (χ1n) is 14.8. The van der Waals surface area contributed by atoms with Gasteiger partial charge in [0.2, 0.25) is 5.91 Å². The first-order valence-corrected chi connectivity index (χ1v) is 14.8. The van der Waals surface area contributed by atoms with E-state index in [1.807, 2.05) is 54.6 Å². The summed E-state index contributed by atoms with van der Waals surface area (Å²) in [6.45, 7) is 2.07. The zero-order valence-electron chi connectivity index (χ0n) is 24.9. The standard InChI is InChI=1S/C33H37N5O6/c1-41-28-11-7-21-8-12-32(39)34-17-22-9-10-23(16-29(22)42-2)44-27-13-14-38(18-26(27)37-33(40)20-43-30(28)15-21)19-31-35-24-5-3-4-6-25(24)36-31/h3-7,9-11,15-16,26-27H,8,12-14,17-20H2,1-2H3,(H,34,39)(H,35,36)(H,37,40)/t26-,27+/m1/s1. The van der Waals surface area contributed by atoms with E-state index in [2.05, 4.69) is 20.5 Å². The smallest absolute Gasteiger partial charge is 0.258 e. The number of carbonyl (C=O) groups excluding carboxylic acids is 2. The molecule has 2 atom stereocenters. The number of likely N-dealkylation sites (tertiary alicyclic amines) is 1. The minimum Gasteiger partial charge on any atom is -0.496 e. The summed E-state index contributed by atoms with van der Waals surface area (Å²) in [6.07, 6.45) is 1.19. The molecule has 1 aromatic heterocycles. The second-order valence-corrected chi connectivity index (χ2v) is 11.1. The van der Waals surface area contributed by atoms with E-state index in [-0.39, 0.29) is 30.6 Å². The highest BCUT2D eigenvalue weighted by Gasteiger charge is 2.33. The lowest BCUT2D eigenvalue weighted by Crippen LogP contribution is -2.57. The number of amides is 2. The molecule has 1 fully saturated rings. The van der Waals surface area contributed by atoms with Crippen LogP contribution in [0.15, 0.2) is 60.7 Å². The highest BCUT2D eigenvalue weighted by molar-refractivity contribution is 5.78.